The van der Waals surface area contributed by atoms with Gasteiger partial charge in [0.2, 0.25) is 0 Å². The summed E-state index contributed by atoms with van der Waals surface area (Å²) in [6.07, 6.45) is 1.63. The van der Waals surface area contributed by atoms with Gasteiger partial charge in [-0.25, -0.2) is 5.43 Å². The summed E-state index contributed by atoms with van der Waals surface area (Å²) < 4.78 is 10.8. The highest BCUT2D eigenvalue weighted by Crippen LogP contribution is 2.28. The average Bonchev–Trinajstić information content (AvgIpc) is 2.78. The number of carbonyl (C=O) groups is 1. The lowest BCUT2D eigenvalue weighted by Crippen LogP contribution is -2.18. The fourth-order valence-electron chi connectivity index (χ4n) is 3.37. The molecule has 0 aromatic heterocycles. The van der Waals surface area contributed by atoms with E-state index in [1.54, 1.807) is 20.4 Å². The van der Waals surface area contributed by atoms with E-state index in [4.69, 9.17) is 9.47 Å². The zero-order chi connectivity index (χ0) is 20.2. The molecule has 5 heteroatoms. The molecule has 0 aliphatic rings. The van der Waals surface area contributed by atoms with E-state index >= 15 is 0 Å². The second-order valence-corrected chi connectivity index (χ2v) is 6.50. The van der Waals surface area contributed by atoms with Crippen molar-refractivity contribution >= 4 is 33.7 Å². The Morgan fingerprint density at radius 2 is 1.48 bits per heavy atom. The van der Waals surface area contributed by atoms with Crippen LogP contribution in [-0.2, 0) is 0 Å². The number of nitrogens with zero attached hydrogens (tertiary/aromatic N) is 1. The highest BCUT2D eigenvalue weighted by Gasteiger charge is 2.13. The minimum atomic E-state index is -0.332. The normalized spacial score (nSPS) is 11.1. The van der Waals surface area contributed by atoms with Crippen molar-refractivity contribution in [2.24, 2.45) is 5.10 Å². The molecule has 0 heterocycles. The molecule has 0 aliphatic carbocycles. The van der Waals surface area contributed by atoms with Gasteiger partial charge in [0.15, 0.2) is 0 Å². The average molecular weight is 384 g/mol. The third-order valence-electron chi connectivity index (χ3n) is 4.82. The van der Waals surface area contributed by atoms with Gasteiger partial charge in [-0.3, -0.25) is 4.79 Å². The van der Waals surface area contributed by atoms with E-state index in [1.807, 2.05) is 72.8 Å². The van der Waals surface area contributed by atoms with E-state index in [-0.39, 0.29) is 5.91 Å². The summed E-state index contributed by atoms with van der Waals surface area (Å²) in [6, 6.07) is 23.2. The van der Waals surface area contributed by atoms with Crippen molar-refractivity contribution in [3.8, 4) is 11.5 Å². The van der Waals surface area contributed by atoms with Crippen molar-refractivity contribution < 1.29 is 14.3 Å². The molecule has 0 aliphatic heterocycles. The van der Waals surface area contributed by atoms with Crippen LogP contribution < -0.4 is 14.9 Å². The number of hydrazone groups is 1. The number of amides is 1. The minimum Gasteiger partial charge on any atom is -0.496 e. The molecule has 0 spiro atoms. The first kappa shape index (κ1) is 18.5. The van der Waals surface area contributed by atoms with E-state index in [2.05, 4.69) is 10.5 Å². The number of hydrogen-bond acceptors (Lipinski definition) is 4. The molecule has 4 aromatic carbocycles. The van der Waals surface area contributed by atoms with Gasteiger partial charge in [-0.05, 0) is 40.4 Å². The molecular formula is C24H20N2O3. The van der Waals surface area contributed by atoms with E-state index in [0.717, 1.165) is 32.9 Å². The van der Waals surface area contributed by atoms with E-state index < -0.39 is 0 Å². The van der Waals surface area contributed by atoms with Crippen LogP contribution in [0.1, 0.15) is 15.9 Å². The molecule has 0 bridgehead atoms. The predicted octanol–water partition coefficient (Wildman–Crippen LogP) is 4.77. The zero-order valence-electron chi connectivity index (χ0n) is 16.2. The van der Waals surface area contributed by atoms with Crippen LogP contribution in [0, 0.1) is 0 Å². The van der Waals surface area contributed by atoms with Gasteiger partial charge < -0.3 is 9.47 Å². The lowest BCUT2D eigenvalue weighted by Gasteiger charge is -2.09. The maximum atomic E-state index is 12.7. The van der Waals surface area contributed by atoms with Gasteiger partial charge in [-0.1, -0.05) is 48.5 Å². The van der Waals surface area contributed by atoms with E-state index in [0.29, 0.717) is 11.3 Å². The topological polar surface area (TPSA) is 59.9 Å². The second-order valence-electron chi connectivity index (χ2n) is 6.50. The van der Waals surface area contributed by atoms with Gasteiger partial charge in [0.25, 0.3) is 5.91 Å². The molecule has 144 valence electrons. The number of hydrogen-bond donors (Lipinski definition) is 1. The summed E-state index contributed by atoms with van der Waals surface area (Å²) in [7, 11) is 3.19. The first-order valence-corrected chi connectivity index (χ1v) is 9.17. The summed E-state index contributed by atoms with van der Waals surface area (Å²) in [5.41, 5.74) is 3.91. The number of rotatable bonds is 5. The monoisotopic (exact) mass is 384 g/mol. The summed E-state index contributed by atoms with van der Waals surface area (Å²) in [5.74, 6) is 0.968. The summed E-state index contributed by atoms with van der Waals surface area (Å²) in [4.78, 5) is 12.7. The zero-order valence-corrected chi connectivity index (χ0v) is 16.2. The fraction of sp³-hybridized carbons (Fsp3) is 0.0833. The molecule has 4 rings (SSSR count). The van der Waals surface area contributed by atoms with Crippen LogP contribution >= 0.6 is 0 Å². The highest BCUT2D eigenvalue weighted by atomic mass is 16.5. The Morgan fingerprint density at radius 1 is 0.828 bits per heavy atom. The number of carbonyl (C=O) groups excluding carboxylic acids is 1. The van der Waals surface area contributed by atoms with Crippen LogP contribution in [0.3, 0.4) is 0 Å². The second kappa shape index (κ2) is 8.02. The number of fused-ring (bicyclic) bond motifs is 2. The number of ether oxygens (including phenoxy) is 2. The lowest BCUT2D eigenvalue weighted by atomic mass is 10.0. The van der Waals surface area contributed by atoms with Crippen LogP contribution in [0.5, 0.6) is 11.5 Å². The van der Waals surface area contributed by atoms with Crippen LogP contribution in [0.4, 0.5) is 0 Å². The summed E-state index contributed by atoms with van der Waals surface area (Å²) in [5, 5.41) is 8.11. The number of benzene rings is 4. The summed E-state index contributed by atoms with van der Waals surface area (Å²) in [6.45, 7) is 0. The van der Waals surface area contributed by atoms with Crippen LogP contribution in [0.2, 0.25) is 0 Å². The van der Waals surface area contributed by atoms with Gasteiger partial charge in [0.1, 0.15) is 11.5 Å². The quantitative estimate of drug-likeness (QED) is 0.398. The Morgan fingerprint density at radius 3 is 2.21 bits per heavy atom. The Bertz CT molecular complexity index is 1230. The van der Waals surface area contributed by atoms with Crippen LogP contribution in [0.25, 0.3) is 21.5 Å². The van der Waals surface area contributed by atoms with Crippen molar-refractivity contribution in [2.75, 3.05) is 14.2 Å². The standard InChI is InChI=1S/C24H20N2O3/c1-28-22-12-11-18(19-9-5-6-10-20(19)22)15-25-26-24(27)21-13-16-7-3-4-8-17(16)14-23(21)29-2/h3-15H,1-2H3,(H,26,27). The molecule has 0 atom stereocenters. The summed E-state index contributed by atoms with van der Waals surface area (Å²) >= 11 is 0. The molecule has 0 saturated heterocycles. The maximum Gasteiger partial charge on any atom is 0.275 e. The Hall–Kier alpha value is -3.86. The van der Waals surface area contributed by atoms with E-state index in [9.17, 15) is 4.79 Å². The third kappa shape index (κ3) is 3.62. The van der Waals surface area contributed by atoms with Crippen LogP contribution in [0.15, 0.2) is 77.9 Å². The molecule has 4 aromatic rings. The largest absolute Gasteiger partial charge is 0.496 e. The lowest BCUT2D eigenvalue weighted by molar-refractivity contribution is 0.0952. The molecule has 0 saturated carbocycles. The van der Waals surface area contributed by atoms with Crippen LogP contribution in [-0.4, -0.2) is 26.3 Å². The molecular weight excluding hydrogens is 364 g/mol. The smallest absolute Gasteiger partial charge is 0.275 e. The first-order valence-electron chi connectivity index (χ1n) is 9.17. The van der Waals surface area contributed by atoms with Gasteiger partial charge >= 0.3 is 0 Å². The van der Waals surface area contributed by atoms with Crippen molar-refractivity contribution in [1.29, 1.82) is 0 Å². The van der Waals surface area contributed by atoms with Crippen molar-refractivity contribution in [1.82, 2.24) is 5.43 Å². The molecule has 29 heavy (non-hydrogen) atoms. The maximum absolute atomic E-state index is 12.7. The van der Waals surface area contributed by atoms with Crippen molar-refractivity contribution in [3.05, 3.63) is 83.9 Å². The number of methoxy groups -OCH3 is 2. The molecule has 0 unspecified atom stereocenters. The Kier molecular flexibility index (Phi) is 5.12. The highest BCUT2D eigenvalue weighted by molar-refractivity contribution is 6.04. The third-order valence-corrected chi connectivity index (χ3v) is 4.82. The predicted molar refractivity (Wildman–Crippen MR) is 116 cm³/mol. The molecule has 5 nitrogen and oxygen atoms in total. The van der Waals surface area contributed by atoms with Gasteiger partial charge in [-0.15, -0.1) is 0 Å². The molecule has 1 N–H and O–H groups in total. The Balaban J connectivity index is 1.61. The van der Waals surface area contributed by atoms with Crippen molar-refractivity contribution in [3.63, 3.8) is 0 Å². The molecule has 1 amide bonds. The molecule has 0 radical (unpaired) electrons. The van der Waals surface area contributed by atoms with Gasteiger partial charge in [-0.2, -0.15) is 5.10 Å². The van der Waals surface area contributed by atoms with Gasteiger partial charge in [0, 0.05) is 10.9 Å². The first-order chi connectivity index (χ1) is 14.2. The number of nitrogens with one attached hydrogen (secondary N) is 1. The SMILES string of the molecule is COc1cc2ccccc2cc1C(=O)NN=Cc1ccc(OC)c2ccccc12. The minimum absolute atomic E-state index is 0.332. The van der Waals surface area contributed by atoms with Gasteiger partial charge in [0.05, 0.1) is 26.0 Å². The van der Waals surface area contributed by atoms with Crippen molar-refractivity contribution in [2.45, 2.75) is 0 Å². The van der Waals surface area contributed by atoms with E-state index in [1.165, 1.54) is 0 Å². The Labute approximate surface area is 168 Å². The fourth-order valence-corrected chi connectivity index (χ4v) is 3.37. The molecule has 0 fully saturated rings.